The van der Waals surface area contributed by atoms with Crippen LogP contribution in [0, 0.1) is 5.82 Å². The van der Waals surface area contributed by atoms with Gasteiger partial charge in [0.15, 0.2) is 0 Å². The van der Waals surface area contributed by atoms with E-state index in [2.05, 4.69) is 31.9 Å². The van der Waals surface area contributed by atoms with Crippen molar-refractivity contribution in [3.63, 3.8) is 0 Å². The van der Waals surface area contributed by atoms with E-state index in [1.165, 1.54) is 0 Å². The maximum atomic E-state index is 13.0. The highest BCUT2D eigenvalue weighted by Gasteiger charge is 2.31. The number of rotatable bonds is 1. The van der Waals surface area contributed by atoms with Crippen molar-refractivity contribution in [2.24, 2.45) is 0 Å². The molecular weight excluding hydrogens is 352 g/mol. The first kappa shape index (κ1) is 12.3. The van der Waals surface area contributed by atoms with E-state index >= 15 is 0 Å². The molecule has 7 heteroatoms. The smallest absolute Gasteiger partial charge is 0.206 e. The third-order valence-corrected chi connectivity index (χ3v) is 3.81. The van der Waals surface area contributed by atoms with Gasteiger partial charge in [0.05, 0.1) is 4.90 Å². The summed E-state index contributed by atoms with van der Waals surface area (Å²) in [5.41, 5.74) is -4.48. The van der Waals surface area contributed by atoms with E-state index in [1.807, 2.05) is 0 Å². The lowest BCUT2D eigenvalue weighted by molar-refractivity contribution is -0.0329. The summed E-state index contributed by atoms with van der Waals surface area (Å²) in [6, 6.07) is 2.07. The molecule has 0 N–H and O–H groups in total. The molecule has 0 aromatic heterocycles. The van der Waals surface area contributed by atoms with Crippen LogP contribution in [-0.4, -0.2) is 5.51 Å². The first-order valence-corrected chi connectivity index (χ1v) is 5.60. The Morgan fingerprint density at radius 3 is 2.07 bits per heavy atom. The van der Waals surface area contributed by atoms with Crippen LogP contribution < -0.4 is 0 Å². The Hall–Kier alpha value is 0.250. The molecule has 0 saturated heterocycles. The minimum absolute atomic E-state index is 0.376. The van der Waals surface area contributed by atoms with E-state index in [-0.39, 0.29) is 0 Å². The molecule has 0 aliphatic carbocycles. The van der Waals surface area contributed by atoms with E-state index in [0.717, 1.165) is 12.1 Å². The van der Waals surface area contributed by atoms with Gasteiger partial charge < -0.3 is 0 Å². The van der Waals surface area contributed by atoms with Gasteiger partial charge >= 0.3 is 5.51 Å². The van der Waals surface area contributed by atoms with Crippen LogP contribution in [0.5, 0.6) is 0 Å². The van der Waals surface area contributed by atoms with Crippen LogP contribution in [0.3, 0.4) is 0 Å². The highest BCUT2D eigenvalue weighted by Crippen LogP contribution is 2.40. The zero-order valence-electron chi connectivity index (χ0n) is 6.33. The molecule has 1 aromatic carbocycles. The molecule has 0 radical (unpaired) electrons. The normalized spacial score (nSPS) is 11.9. The molecule has 0 spiro atoms. The van der Waals surface area contributed by atoms with Crippen molar-refractivity contribution in [1.82, 2.24) is 0 Å². The molecule has 0 aliphatic heterocycles. The lowest BCUT2D eigenvalue weighted by Gasteiger charge is -2.07. The van der Waals surface area contributed by atoms with Gasteiger partial charge in [-0.1, -0.05) is 0 Å². The summed E-state index contributed by atoms with van der Waals surface area (Å²) in [7, 11) is 0. The quantitative estimate of drug-likeness (QED) is 0.390. The Balaban J connectivity index is 3.04. The number of thioether (sulfide) groups is 1. The molecule has 0 fully saturated rings. The van der Waals surface area contributed by atoms with E-state index in [0.29, 0.717) is 8.95 Å². The van der Waals surface area contributed by atoms with Gasteiger partial charge in [-0.15, -0.1) is 0 Å². The zero-order chi connectivity index (χ0) is 10.9. The number of benzene rings is 1. The van der Waals surface area contributed by atoms with Crippen LogP contribution in [0.4, 0.5) is 17.6 Å². The fourth-order valence-electron chi connectivity index (χ4n) is 0.707. The molecule has 0 nitrogen and oxygen atoms in total. The molecule has 0 aliphatic rings. The Morgan fingerprint density at radius 2 is 1.57 bits per heavy atom. The summed E-state index contributed by atoms with van der Waals surface area (Å²) < 4.78 is 49.5. The summed E-state index contributed by atoms with van der Waals surface area (Å²) in [5, 5.41) is 0. The standard InChI is InChI=1S/C7H2Br2F4S/c8-3-1-5(10)6(2-4(3)9)14-7(11,12)13/h1-2H. The van der Waals surface area contributed by atoms with Crippen LogP contribution in [-0.2, 0) is 0 Å². The average molecular weight is 354 g/mol. The van der Waals surface area contributed by atoms with Crippen LogP contribution in [0.1, 0.15) is 0 Å². The molecule has 0 unspecified atom stereocenters. The molecule has 0 heterocycles. The highest BCUT2D eigenvalue weighted by atomic mass is 79.9. The van der Waals surface area contributed by atoms with Crippen LogP contribution in [0.25, 0.3) is 0 Å². The third kappa shape index (κ3) is 3.43. The van der Waals surface area contributed by atoms with Gasteiger partial charge in [-0.05, 0) is 55.8 Å². The van der Waals surface area contributed by atoms with Crippen LogP contribution >= 0.6 is 43.6 Å². The summed E-state index contributed by atoms with van der Waals surface area (Å²) in [6.45, 7) is 0. The van der Waals surface area contributed by atoms with E-state index in [9.17, 15) is 17.6 Å². The number of halogens is 6. The van der Waals surface area contributed by atoms with Crippen molar-refractivity contribution in [2.45, 2.75) is 10.4 Å². The van der Waals surface area contributed by atoms with Crippen molar-refractivity contribution < 1.29 is 17.6 Å². The van der Waals surface area contributed by atoms with Gasteiger partial charge in [0, 0.05) is 8.95 Å². The average Bonchev–Trinajstić information content (AvgIpc) is 1.97. The topological polar surface area (TPSA) is 0 Å². The van der Waals surface area contributed by atoms with Crippen molar-refractivity contribution in [3.05, 3.63) is 26.9 Å². The van der Waals surface area contributed by atoms with E-state index < -0.39 is 28.0 Å². The minimum atomic E-state index is -4.48. The molecule has 1 aromatic rings. The molecule has 14 heavy (non-hydrogen) atoms. The first-order chi connectivity index (χ1) is 6.29. The van der Waals surface area contributed by atoms with Crippen molar-refractivity contribution >= 4 is 43.6 Å². The Kier molecular flexibility index (Phi) is 3.87. The molecule has 0 saturated carbocycles. The summed E-state index contributed by atoms with van der Waals surface area (Å²) in [6.07, 6.45) is 0. The third-order valence-electron chi connectivity index (χ3n) is 1.20. The predicted octanol–water partition coefficient (Wildman–Crippen LogP) is 4.96. The van der Waals surface area contributed by atoms with Crippen LogP contribution in [0.2, 0.25) is 0 Å². The summed E-state index contributed by atoms with van der Waals surface area (Å²) in [4.78, 5) is -0.451. The fraction of sp³-hybridized carbons (Fsp3) is 0.143. The number of hydrogen-bond acceptors (Lipinski definition) is 1. The van der Waals surface area contributed by atoms with Crippen molar-refractivity contribution in [3.8, 4) is 0 Å². The number of alkyl halides is 3. The first-order valence-electron chi connectivity index (χ1n) is 3.20. The molecule has 0 atom stereocenters. The Bertz CT molecular complexity index is 350. The Labute approximate surface area is 98.3 Å². The maximum Gasteiger partial charge on any atom is 0.446 e. The molecule has 1 rings (SSSR count). The second-order valence-corrected chi connectivity index (χ2v) is 5.06. The summed E-state index contributed by atoms with van der Waals surface area (Å²) >= 11 is 5.50. The molecule has 0 amide bonds. The lowest BCUT2D eigenvalue weighted by atomic mass is 10.3. The van der Waals surface area contributed by atoms with Crippen LogP contribution in [0.15, 0.2) is 26.0 Å². The van der Waals surface area contributed by atoms with E-state index in [1.54, 1.807) is 0 Å². The van der Waals surface area contributed by atoms with Gasteiger partial charge in [-0.25, -0.2) is 4.39 Å². The SMILES string of the molecule is Fc1cc(Br)c(Br)cc1SC(F)(F)F. The minimum Gasteiger partial charge on any atom is -0.206 e. The van der Waals surface area contributed by atoms with Crippen molar-refractivity contribution in [1.29, 1.82) is 0 Å². The van der Waals surface area contributed by atoms with Gasteiger partial charge in [0.2, 0.25) is 0 Å². The second kappa shape index (κ2) is 4.40. The Morgan fingerprint density at radius 1 is 1.07 bits per heavy atom. The highest BCUT2D eigenvalue weighted by molar-refractivity contribution is 9.13. The monoisotopic (exact) mass is 352 g/mol. The molecule has 78 valence electrons. The van der Waals surface area contributed by atoms with E-state index in [4.69, 9.17) is 0 Å². The number of hydrogen-bond donors (Lipinski definition) is 0. The van der Waals surface area contributed by atoms with Gasteiger partial charge in [0.1, 0.15) is 5.82 Å². The van der Waals surface area contributed by atoms with Crippen molar-refractivity contribution in [2.75, 3.05) is 0 Å². The predicted molar refractivity (Wildman–Crippen MR) is 53.7 cm³/mol. The van der Waals surface area contributed by atoms with Gasteiger partial charge in [-0.3, -0.25) is 0 Å². The fourth-order valence-corrected chi connectivity index (χ4v) is 2.10. The maximum absolute atomic E-state index is 13.0. The lowest BCUT2D eigenvalue weighted by Crippen LogP contribution is -2.00. The second-order valence-electron chi connectivity index (χ2n) is 2.24. The van der Waals surface area contributed by atoms with Gasteiger partial charge in [0.25, 0.3) is 0 Å². The summed E-state index contributed by atoms with van der Waals surface area (Å²) in [5.74, 6) is -0.901. The molecule has 0 bridgehead atoms. The zero-order valence-corrected chi connectivity index (χ0v) is 10.3. The van der Waals surface area contributed by atoms with Gasteiger partial charge in [-0.2, -0.15) is 13.2 Å². The largest absolute Gasteiger partial charge is 0.446 e. The molecular formula is C7H2Br2F4S.